The van der Waals surface area contributed by atoms with Crippen LogP contribution in [0.3, 0.4) is 0 Å². The molecule has 2 aromatic rings. The van der Waals surface area contributed by atoms with Gasteiger partial charge in [-0.15, -0.1) is 0 Å². The van der Waals surface area contributed by atoms with Crippen molar-refractivity contribution in [2.75, 3.05) is 27.2 Å². The van der Waals surface area contributed by atoms with Gasteiger partial charge in [-0.05, 0) is 26.2 Å². The summed E-state index contributed by atoms with van der Waals surface area (Å²) in [5.74, 6) is 1.68. The van der Waals surface area contributed by atoms with E-state index in [1.54, 1.807) is 18.4 Å². The van der Waals surface area contributed by atoms with Gasteiger partial charge in [-0.3, -0.25) is 4.90 Å². The van der Waals surface area contributed by atoms with Gasteiger partial charge in [-0.25, -0.2) is 0 Å². The Morgan fingerprint density at radius 3 is 3.06 bits per heavy atom. The van der Waals surface area contributed by atoms with Gasteiger partial charge in [0.05, 0.1) is 12.8 Å². The molecule has 0 aliphatic rings. The van der Waals surface area contributed by atoms with Crippen molar-refractivity contribution < 1.29 is 8.94 Å². The molecule has 0 amide bonds. The summed E-state index contributed by atoms with van der Waals surface area (Å²) >= 11 is 0. The quantitative estimate of drug-likeness (QED) is 0.806. The Morgan fingerprint density at radius 2 is 2.35 bits per heavy atom. The van der Waals surface area contributed by atoms with Crippen molar-refractivity contribution in [2.45, 2.75) is 6.54 Å². The summed E-state index contributed by atoms with van der Waals surface area (Å²) in [6.07, 6.45) is 1.58. The summed E-state index contributed by atoms with van der Waals surface area (Å²) in [5.41, 5.74) is 0. The molecule has 92 valence electrons. The van der Waals surface area contributed by atoms with Crippen molar-refractivity contribution in [1.82, 2.24) is 20.4 Å². The van der Waals surface area contributed by atoms with E-state index in [0.29, 0.717) is 24.0 Å². The van der Waals surface area contributed by atoms with E-state index >= 15 is 0 Å². The number of furan rings is 1. The predicted molar refractivity (Wildman–Crippen MR) is 62.3 cm³/mol. The summed E-state index contributed by atoms with van der Waals surface area (Å²) in [6, 6.07) is 3.58. The number of hydrogen-bond donors (Lipinski definition) is 1. The summed E-state index contributed by atoms with van der Waals surface area (Å²) in [7, 11) is 3.94. The zero-order valence-electron chi connectivity index (χ0n) is 10.0. The van der Waals surface area contributed by atoms with Crippen molar-refractivity contribution in [3.05, 3.63) is 24.2 Å². The minimum Gasteiger partial charge on any atom is -0.459 e. The Labute approximate surface area is 99.6 Å². The second kappa shape index (κ2) is 5.60. The Bertz CT molecular complexity index is 438. The van der Waals surface area contributed by atoms with Gasteiger partial charge < -0.3 is 14.3 Å². The highest BCUT2D eigenvalue weighted by Gasteiger charge is 2.12. The van der Waals surface area contributed by atoms with Crippen LogP contribution in [0.25, 0.3) is 11.7 Å². The Kier molecular flexibility index (Phi) is 3.89. The largest absolute Gasteiger partial charge is 0.459 e. The molecule has 0 spiro atoms. The van der Waals surface area contributed by atoms with Crippen molar-refractivity contribution in [2.24, 2.45) is 0 Å². The van der Waals surface area contributed by atoms with Crippen LogP contribution >= 0.6 is 0 Å². The van der Waals surface area contributed by atoms with Crippen LogP contribution in [0.1, 0.15) is 5.82 Å². The number of nitrogens with zero attached hydrogens (tertiary/aromatic N) is 3. The molecule has 2 rings (SSSR count). The van der Waals surface area contributed by atoms with Gasteiger partial charge in [0.2, 0.25) is 0 Å². The lowest BCUT2D eigenvalue weighted by Gasteiger charge is -2.13. The standard InChI is InChI=1S/C11H16N4O2/c1-12-5-6-15(2)8-10-13-11(17-14-10)9-4-3-7-16-9/h3-4,7,12H,5-6,8H2,1-2H3. The molecule has 2 heterocycles. The fourth-order valence-corrected chi connectivity index (χ4v) is 1.44. The SMILES string of the molecule is CNCCN(C)Cc1noc(-c2ccco2)n1. The van der Waals surface area contributed by atoms with E-state index in [2.05, 4.69) is 20.4 Å². The van der Waals surface area contributed by atoms with Crippen molar-refractivity contribution >= 4 is 0 Å². The van der Waals surface area contributed by atoms with E-state index in [1.165, 1.54) is 0 Å². The second-order valence-corrected chi connectivity index (χ2v) is 3.83. The zero-order valence-corrected chi connectivity index (χ0v) is 10.0. The third-order valence-corrected chi connectivity index (χ3v) is 2.35. The number of hydrogen-bond acceptors (Lipinski definition) is 6. The minimum absolute atomic E-state index is 0.423. The molecule has 0 atom stereocenters. The first-order valence-corrected chi connectivity index (χ1v) is 5.49. The maximum Gasteiger partial charge on any atom is 0.293 e. The van der Waals surface area contributed by atoms with Crippen molar-refractivity contribution in [1.29, 1.82) is 0 Å². The highest BCUT2D eigenvalue weighted by molar-refractivity contribution is 5.42. The summed E-state index contributed by atoms with van der Waals surface area (Å²) in [5, 5.41) is 7.00. The van der Waals surface area contributed by atoms with Crippen molar-refractivity contribution in [3.63, 3.8) is 0 Å². The van der Waals surface area contributed by atoms with Crippen LogP contribution in [-0.4, -0.2) is 42.2 Å². The highest BCUT2D eigenvalue weighted by atomic mass is 16.5. The molecule has 0 radical (unpaired) electrons. The Morgan fingerprint density at radius 1 is 1.47 bits per heavy atom. The molecule has 1 N–H and O–H groups in total. The topological polar surface area (TPSA) is 67.3 Å². The maximum atomic E-state index is 5.18. The molecule has 2 aromatic heterocycles. The van der Waals surface area contributed by atoms with Crippen LogP contribution in [0.5, 0.6) is 0 Å². The van der Waals surface area contributed by atoms with Crippen molar-refractivity contribution in [3.8, 4) is 11.7 Å². The van der Waals surface area contributed by atoms with E-state index in [-0.39, 0.29) is 0 Å². The van der Waals surface area contributed by atoms with E-state index in [0.717, 1.165) is 13.1 Å². The fraction of sp³-hybridized carbons (Fsp3) is 0.455. The molecule has 0 aliphatic carbocycles. The lowest BCUT2D eigenvalue weighted by molar-refractivity contribution is 0.310. The first kappa shape index (κ1) is 11.8. The van der Waals surface area contributed by atoms with Crippen LogP contribution < -0.4 is 5.32 Å². The van der Waals surface area contributed by atoms with Crippen LogP contribution in [-0.2, 0) is 6.54 Å². The van der Waals surface area contributed by atoms with E-state index < -0.39 is 0 Å². The van der Waals surface area contributed by atoms with Gasteiger partial charge >= 0.3 is 0 Å². The molecule has 6 nitrogen and oxygen atoms in total. The number of nitrogens with one attached hydrogen (secondary N) is 1. The molecule has 0 fully saturated rings. The number of likely N-dealkylation sites (N-methyl/N-ethyl adjacent to an activating group) is 2. The van der Waals surface area contributed by atoms with Crippen LogP contribution in [0.15, 0.2) is 27.3 Å². The second-order valence-electron chi connectivity index (χ2n) is 3.83. The molecule has 0 saturated carbocycles. The number of rotatable bonds is 6. The van der Waals surface area contributed by atoms with Gasteiger partial charge in [-0.1, -0.05) is 5.16 Å². The van der Waals surface area contributed by atoms with Crippen LogP contribution in [0.4, 0.5) is 0 Å². The molecule has 0 aliphatic heterocycles. The van der Waals surface area contributed by atoms with E-state index in [9.17, 15) is 0 Å². The van der Waals surface area contributed by atoms with Gasteiger partial charge in [0.15, 0.2) is 11.6 Å². The highest BCUT2D eigenvalue weighted by Crippen LogP contribution is 2.17. The fourth-order valence-electron chi connectivity index (χ4n) is 1.44. The summed E-state index contributed by atoms with van der Waals surface area (Å²) in [4.78, 5) is 6.39. The van der Waals surface area contributed by atoms with E-state index in [4.69, 9.17) is 8.94 Å². The van der Waals surface area contributed by atoms with Gasteiger partial charge in [-0.2, -0.15) is 4.98 Å². The lowest BCUT2D eigenvalue weighted by atomic mass is 10.4. The molecule has 17 heavy (non-hydrogen) atoms. The van der Waals surface area contributed by atoms with Crippen LogP contribution in [0.2, 0.25) is 0 Å². The van der Waals surface area contributed by atoms with Gasteiger partial charge in [0.1, 0.15) is 0 Å². The van der Waals surface area contributed by atoms with E-state index in [1.807, 2.05) is 14.1 Å². The predicted octanol–water partition coefficient (Wildman–Crippen LogP) is 0.981. The zero-order chi connectivity index (χ0) is 12.1. The molecular weight excluding hydrogens is 220 g/mol. The molecule has 0 aromatic carbocycles. The monoisotopic (exact) mass is 236 g/mol. The number of aromatic nitrogens is 2. The third kappa shape index (κ3) is 3.15. The average Bonchev–Trinajstić information content (AvgIpc) is 2.95. The molecular formula is C11H16N4O2. The Hall–Kier alpha value is -1.66. The molecule has 6 heteroatoms. The van der Waals surface area contributed by atoms with Gasteiger partial charge in [0, 0.05) is 13.1 Å². The molecule has 0 unspecified atom stereocenters. The third-order valence-electron chi connectivity index (χ3n) is 2.35. The average molecular weight is 236 g/mol. The minimum atomic E-state index is 0.423. The molecule has 0 saturated heterocycles. The lowest BCUT2D eigenvalue weighted by Crippen LogP contribution is -2.27. The maximum absolute atomic E-state index is 5.18. The summed E-state index contributed by atoms with van der Waals surface area (Å²) in [6.45, 7) is 2.52. The molecule has 0 bridgehead atoms. The van der Waals surface area contributed by atoms with Crippen LogP contribution in [0, 0.1) is 0 Å². The summed E-state index contributed by atoms with van der Waals surface area (Å²) < 4.78 is 10.3. The Balaban J connectivity index is 1.94. The van der Waals surface area contributed by atoms with Gasteiger partial charge in [0.25, 0.3) is 5.89 Å². The normalized spacial score (nSPS) is 11.2. The smallest absolute Gasteiger partial charge is 0.293 e. The first-order valence-electron chi connectivity index (χ1n) is 5.49. The first-order chi connectivity index (χ1) is 8.29.